The molecule has 0 saturated heterocycles. The Balaban J connectivity index is 2.33. The highest BCUT2D eigenvalue weighted by Crippen LogP contribution is 2.25. The van der Waals surface area contributed by atoms with E-state index in [9.17, 15) is 0 Å². The van der Waals surface area contributed by atoms with Gasteiger partial charge >= 0.3 is 0 Å². The molecule has 0 aliphatic carbocycles. The van der Waals surface area contributed by atoms with Crippen LogP contribution in [-0.2, 0) is 0 Å². The molecule has 90 valence electrons. The monoisotopic (exact) mass is 232 g/mol. The van der Waals surface area contributed by atoms with E-state index < -0.39 is 0 Å². The highest BCUT2D eigenvalue weighted by atomic mass is 16.5. The average molecular weight is 232 g/mol. The number of hydrogen-bond donors (Lipinski definition) is 1. The molecular weight excluding hydrogens is 216 g/mol. The van der Waals surface area contributed by atoms with Crippen molar-refractivity contribution in [3.8, 4) is 11.3 Å². The van der Waals surface area contributed by atoms with Crippen LogP contribution in [0.25, 0.3) is 11.3 Å². The molecule has 0 atom stereocenters. The van der Waals surface area contributed by atoms with Gasteiger partial charge in [0.15, 0.2) is 0 Å². The van der Waals surface area contributed by atoms with Crippen molar-refractivity contribution in [1.29, 1.82) is 0 Å². The van der Waals surface area contributed by atoms with Gasteiger partial charge in [-0.25, -0.2) is 9.97 Å². The van der Waals surface area contributed by atoms with Gasteiger partial charge in [-0.15, -0.1) is 0 Å². The maximum Gasteiger partial charge on any atom is 0.143 e. The van der Waals surface area contributed by atoms with E-state index in [4.69, 9.17) is 4.52 Å². The molecule has 0 unspecified atom stereocenters. The SMILES string of the molecule is CCCNc1cc(-c2c(C)noc2C)ncn1. The molecule has 0 bridgehead atoms. The van der Waals surface area contributed by atoms with Gasteiger partial charge in [-0.3, -0.25) is 0 Å². The van der Waals surface area contributed by atoms with Crippen LogP contribution in [0.2, 0.25) is 0 Å². The molecule has 17 heavy (non-hydrogen) atoms. The Bertz CT molecular complexity index is 487. The Morgan fingerprint density at radius 3 is 2.76 bits per heavy atom. The molecule has 0 fully saturated rings. The predicted molar refractivity (Wildman–Crippen MR) is 65.8 cm³/mol. The third kappa shape index (κ3) is 2.43. The minimum absolute atomic E-state index is 0.780. The van der Waals surface area contributed by atoms with Gasteiger partial charge in [0.2, 0.25) is 0 Å². The standard InChI is InChI=1S/C12H16N4O/c1-4-5-13-11-6-10(14-7-15-11)12-8(2)16-17-9(12)3/h6-7H,4-5H2,1-3H3,(H,13,14,15). The van der Waals surface area contributed by atoms with E-state index in [0.717, 1.165) is 41.5 Å². The Morgan fingerprint density at radius 1 is 1.29 bits per heavy atom. The van der Waals surface area contributed by atoms with E-state index in [1.807, 2.05) is 19.9 Å². The highest BCUT2D eigenvalue weighted by Gasteiger charge is 2.13. The quantitative estimate of drug-likeness (QED) is 0.877. The van der Waals surface area contributed by atoms with Gasteiger partial charge in [0.05, 0.1) is 17.0 Å². The lowest BCUT2D eigenvalue weighted by molar-refractivity contribution is 0.393. The summed E-state index contributed by atoms with van der Waals surface area (Å²) in [5.41, 5.74) is 2.64. The topological polar surface area (TPSA) is 63.8 Å². The molecule has 2 heterocycles. The summed E-state index contributed by atoms with van der Waals surface area (Å²) in [5.74, 6) is 1.61. The highest BCUT2D eigenvalue weighted by molar-refractivity contribution is 5.65. The van der Waals surface area contributed by atoms with Crippen LogP contribution >= 0.6 is 0 Å². The van der Waals surface area contributed by atoms with Crippen LogP contribution in [0.15, 0.2) is 16.9 Å². The zero-order chi connectivity index (χ0) is 12.3. The van der Waals surface area contributed by atoms with Crippen LogP contribution in [0.1, 0.15) is 24.8 Å². The fourth-order valence-electron chi connectivity index (χ4n) is 1.69. The molecule has 1 N–H and O–H groups in total. The second-order valence-corrected chi connectivity index (χ2v) is 3.91. The van der Waals surface area contributed by atoms with Crippen LogP contribution in [0.5, 0.6) is 0 Å². The molecule has 0 saturated carbocycles. The molecule has 2 rings (SSSR count). The van der Waals surface area contributed by atoms with E-state index in [1.165, 1.54) is 0 Å². The number of nitrogens with zero attached hydrogens (tertiary/aromatic N) is 3. The molecule has 0 radical (unpaired) electrons. The summed E-state index contributed by atoms with van der Waals surface area (Å²) in [6.07, 6.45) is 2.61. The van der Waals surface area contributed by atoms with Gasteiger partial charge in [0.25, 0.3) is 0 Å². The second kappa shape index (κ2) is 4.95. The zero-order valence-electron chi connectivity index (χ0n) is 10.3. The second-order valence-electron chi connectivity index (χ2n) is 3.91. The first-order valence-corrected chi connectivity index (χ1v) is 5.71. The van der Waals surface area contributed by atoms with E-state index in [2.05, 4.69) is 27.4 Å². The van der Waals surface area contributed by atoms with Gasteiger partial charge in [0, 0.05) is 12.6 Å². The Labute approximate surface area is 100 Å². The molecule has 0 spiro atoms. The fraction of sp³-hybridized carbons (Fsp3) is 0.417. The Hall–Kier alpha value is -1.91. The Kier molecular flexibility index (Phi) is 3.37. The van der Waals surface area contributed by atoms with Crippen LogP contribution in [-0.4, -0.2) is 21.7 Å². The molecular formula is C12H16N4O. The minimum atomic E-state index is 0.780. The van der Waals surface area contributed by atoms with Gasteiger partial charge in [-0.1, -0.05) is 12.1 Å². The third-order valence-corrected chi connectivity index (χ3v) is 2.51. The van der Waals surface area contributed by atoms with E-state index in [1.54, 1.807) is 6.33 Å². The maximum absolute atomic E-state index is 5.14. The van der Waals surface area contributed by atoms with Gasteiger partial charge in [-0.2, -0.15) is 0 Å². The summed E-state index contributed by atoms with van der Waals surface area (Å²) in [5, 5.41) is 7.16. The first-order valence-electron chi connectivity index (χ1n) is 5.71. The smallest absolute Gasteiger partial charge is 0.143 e. The molecule has 0 amide bonds. The van der Waals surface area contributed by atoms with Crippen molar-refractivity contribution in [2.75, 3.05) is 11.9 Å². The van der Waals surface area contributed by atoms with E-state index >= 15 is 0 Å². The van der Waals surface area contributed by atoms with Crippen molar-refractivity contribution >= 4 is 5.82 Å². The van der Waals surface area contributed by atoms with Crippen LogP contribution < -0.4 is 5.32 Å². The van der Waals surface area contributed by atoms with Crippen molar-refractivity contribution < 1.29 is 4.52 Å². The molecule has 0 aromatic carbocycles. The Morgan fingerprint density at radius 2 is 2.12 bits per heavy atom. The first-order chi connectivity index (χ1) is 8.22. The summed E-state index contributed by atoms with van der Waals surface area (Å²) in [6, 6.07) is 1.92. The lowest BCUT2D eigenvalue weighted by Gasteiger charge is -2.05. The molecule has 5 heteroatoms. The number of hydrogen-bond acceptors (Lipinski definition) is 5. The van der Waals surface area contributed by atoms with Crippen molar-refractivity contribution in [3.05, 3.63) is 23.8 Å². The number of anilines is 1. The molecule has 0 aliphatic rings. The average Bonchev–Trinajstić information content (AvgIpc) is 2.67. The summed E-state index contributed by atoms with van der Waals surface area (Å²) >= 11 is 0. The number of nitrogens with one attached hydrogen (secondary N) is 1. The van der Waals surface area contributed by atoms with Crippen LogP contribution in [0, 0.1) is 13.8 Å². The van der Waals surface area contributed by atoms with E-state index in [-0.39, 0.29) is 0 Å². The van der Waals surface area contributed by atoms with Crippen molar-refractivity contribution in [2.45, 2.75) is 27.2 Å². The van der Waals surface area contributed by atoms with Crippen molar-refractivity contribution in [3.63, 3.8) is 0 Å². The summed E-state index contributed by atoms with van der Waals surface area (Å²) in [4.78, 5) is 8.43. The lowest BCUT2D eigenvalue weighted by Crippen LogP contribution is -2.02. The summed E-state index contributed by atoms with van der Waals surface area (Å²) in [6.45, 7) is 6.81. The van der Waals surface area contributed by atoms with Crippen molar-refractivity contribution in [1.82, 2.24) is 15.1 Å². The minimum Gasteiger partial charge on any atom is -0.370 e. The summed E-state index contributed by atoms with van der Waals surface area (Å²) < 4.78 is 5.14. The fourth-order valence-corrected chi connectivity index (χ4v) is 1.69. The van der Waals surface area contributed by atoms with Crippen LogP contribution in [0.4, 0.5) is 5.82 Å². The number of rotatable bonds is 4. The van der Waals surface area contributed by atoms with Crippen molar-refractivity contribution in [2.24, 2.45) is 0 Å². The van der Waals surface area contributed by atoms with Gasteiger partial charge < -0.3 is 9.84 Å². The summed E-state index contributed by atoms with van der Waals surface area (Å²) in [7, 11) is 0. The van der Waals surface area contributed by atoms with Gasteiger partial charge in [0.1, 0.15) is 17.9 Å². The molecule has 2 aromatic heterocycles. The number of aromatic nitrogens is 3. The normalized spacial score (nSPS) is 10.5. The van der Waals surface area contributed by atoms with Crippen LogP contribution in [0.3, 0.4) is 0 Å². The maximum atomic E-state index is 5.14. The zero-order valence-corrected chi connectivity index (χ0v) is 10.3. The molecule has 2 aromatic rings. The van der Waals surface area contributed by atoms with Gasteiger partial charge in [-0.05, 0) is 20.3 Å². The predicted octanol–water partition coefficient (Wildman–Crippen LogP) is 2.57. The van der Waals surface area contributed by atoms with E-state index in [0.29, 0.717) is 0 Å². The number of aryl methyl sites for hydroxylation is 2. The molecule has 0 aliphatic heterocycles. The first kappa shape index (κ1) is 11.6. The third-order valence-electron chi connectivity index (χ3n) is 2.51. The largest absolute Gasteiger partial charge is 0.370 e. The molecule has 5 nitrogen and oxygen atoms in total. The lowest BCUT2D eigenvalue weighted by atomic mass is 10.1.